The highest BCUT2D eigenvalue weighted by atomic mass is 16.5. The molecule has 1 aliphatic carbocycles. The van der Waals surface area contributed by atoms with Gasteiger partial charge in [0.2, 0.25) is 0 Å². The number of hydrogen-bond acceptors (Lipinski definition) is 3. The van der Waals surface area contributed by atoms with Crippen LogP contribution in [0.1, 0.15) is 37.7 Å². The summed E-state index contributed by atoms with van der Waals surface area (Å²) in [5, 5.41) is 11.6. The Balaban J connectivity index is 1.55. The van der Waals surface area contributed by atoms with E-state index in [-0.39, 0.29) is 12.6 Å². The van der Waals surface area contributed by atoms with Crippen LogP contribution in [-0.4, -0.2) is 30.1 Å². The number of piperidine rings is 1. The Morgan fingerprint density at radius 1 is 1.35 bits per heavy atom. The van der Waals surface area contributed by atoms with Gasteiger partial charge in [-0.15, -0.1) is 0 Å². The van der Waals surface area contributed by atoms with E-state index in [0.29, 0.717) is 24.3 Å². The second kappa shape index (κ2) is 7.36. The molecule has 0 spiro atoms. The summed E-state index contributed by atoms with van der Waals surface area (Å²) in [5.74, 6) is 1.37. The van der Waals surface area contributed by atoms with Gasteiger partial charge in [-0.3, -0.25) is 0 Å². The number of amides is 2. The molecule has 1 saturated carbocycles. The highest BCUT2D eigenvalue weighted by molar-refractivity contribution is 5.74. The van der Waals surface area contributed by atoms with Crippen LogP contribution in [0.2, 0.25) is 0 Å². The Bertz CT molecular complexity index is 596. The minimum absolute atomic E-state index is 0.0344. The van der Waals surface area contributed by atoms with E-state index in [9.17, 15) is 4.79 Å². The van der Waals surface area contributed by atoms with Gasteiger partial charge in [0.25, 0.3) is 0 Å². The van der Waals surface area contributed by atoms with Crippen LogP contribution in [0.4, 0.5) is 4.79 Å². The Kier molecular flexibility index (Phi) is 5.02. The lowest BCUT2D eigenvalue weighted by Gasteiger charge is -2.37. The summed E-state index contributed by atoms with van der Waals surface area (Å²) in [6.45, 7) is 1.39. The first-order chi connectivity index (χ1) is 11.3. The minimum atomic E-state index is 0.0344. The van der Waals surface area contributed by atoms with E-state index in [1.54, 1.807) is 0 Å². The van der Waals surface area contributed by atoms with Crippen LogP contribution >= 0.6 is 0 Å². The summed E-state index contributed by atoms with van der Waals surface area (Å²) in [6, 6.07) is 9.95. The second-order valence-corrected chi connectivity index (χ2v) is 6.35. The van der Waals surface area contributed by atoms with Crippen LogP contribution in [0.15, 0.2) is 24.3 Å². The van der Waals surface area contributed by atoms with Crippen molar-refractivity contribution in [2.24, 2.45) is 5.92 Å². The van der Waals surface area contributed by atoms with E-state index in [2.05, 4.69) is 5.32 Å². The SMILES string of the molecule is N#CCOc1cccc(CNC(=O)N2CCC[C@H]3CCC[C@H]32)c1. The molecule has 0 unspecified atom stereocenters. The molecule has 2 atom stereocenters. The molecule has 1 aromatic rings. The number of urea groups is 1. The average Bonchev–Trinajstić information content (AvgIpc) is 3.07. The predicted molar refractivity (Wildman–Crippen MR) is 86.9 cm³/mol. The molecule has 0 radical (unpaired) electrons. The first-order valence-electron chi connectivity index (χ1n) is 8.41. The Morgan fingerprint density at radius 3 is 3.09 bits per heavy atom. The zero-order valence-electron chi connectivity index (χ0n) is 13.3. The number of nitrogens with one attached hydrogen (secondary N) is 1. The number of nitriles is 1. The number of rotatable bonds is 4. The Labute approximate surface area is 137 Å². The third-order valence-electron chi connectivity index (χ3n) is 4.90. The normalized spacial score (nSPS) is 23.0. The van der Waals surface area contributed by atoms with Crippen molar-refractivity contribution in [2.75, 3.05) is 13.2 Å². The molecule has 1 aliphatic heterocycles. The molecule has 0 bridgehead atoms. The molecule has 1 heterocycles. The fourth-order valence-electron chi connectivity index (χ4n) is 3.85. The fourth-order valence-corrected chi connectivity index (χ4v) is 3.85. The molecule has 1 aromatic carbocycles. The maximum absolute atomic E-state index is 12.5. The average molecular weight is 313 g/mol. The zero-order valence-corrected chi connectivity index (χ0v) is 13.3. The fraction of sp³-hybridized carbons (Fsp3) is 0.556. The minimum Gasteiger partial charge on any atom is -0.479 e. The number of hydrogen-bond donors (Lipinski definition) is 1. The van der Waals surface area contributed by atoms with Crippen LogP contribution in [0, 0.1) is 17.2 Å². The molecule has 23 heavy (non-hydrogen) atoms. The summed E-state index contributed by atoms with van der Waals surface area (Å²) in [5.41, 5.74) is 0.980. The van der Waals surface area contributed by atoms with Crippen molar-refractivity contribution in [3.8, 4) is 11.8 Å². The van der Waals surface area contributed by atoms with Gasteiger partial charge >= 0.3 is 6.03 Å². The standard InChI is InChI=1S/C18H23N3O2/c19-9-11-23-16-7-1-4-14(12-16)13-20-18(22)21-10-3-6-15-5-2-8-17(15)21/h1,4,7,12,15,17H,2-3,5-6,8,10-11,13H2,(H,20,22)/t15-,17-/m1/s1. The number of benzene rings is 1. The highest BCUT2D eigenvalue weighted by Gasteiger charge is 2.37. The lowest BCUT2D eigenvalue weighted by molar-refractivity contribution is 0.128. The summed E-state index contributed by atoms with van der Waals surface area (Å²) < 4.78 is 5.29. The van der Waals surface area contributed by atoms with Gasteiger partial charge in [-0.05, 0) is 49.3 Å². The lowest BCUT2D eigenvalue weighted by Crippen LogP contribution is -2.50. The third-order valence-corrected chi connectivity index (χ3v) is 4.90. The van der Waals surface area contributed by atoms with Gasteiger partial charge in [0, 0.05) is 19.1 Å². The van der Waals surface area contributed by atoms with Gasteiger partial charge in [0.1, 0.15) is 11.8 Å². The number of ether oxygens (including phenoxy) is 1. The number of carbonyl (C=O) groups is 1. The quantitative estimate of drug-likeness (QED) is 0.929. The molecule has 3 rings (SSSR count). The van der Waals surface area contributed by atoms with E-state index < -0.39 is 0 Å². The van der Waals surface area contributed by atoms with Crippen molar-refractivity contribution in [2.45, 2.75) is 44.7 Å². The highest BCUT2D eigenvalue weighted by Crippen LogP contribution is 2.36. The second-order valence-electron chi connectivity index (χ2n) is 6.35. The predicted octanol–water partition coefficient (Wildman–Crippen LogP) is 3.06. The van der Waals surface area contributed by atoms with Gasteiger partial charge in [0.15, 0.2) is 6.61 Å². The van der Waals surface area contributed by atoms with Crippen LogP contribution in [-0.2, 0) is 6.54 Å². The summed E-state index contributed by atoms with van der Waals surface area (Å²) in [7, 11) is 0. The molecule has 1 N–H and O–H groups in total. The van der Waals surface area contributed by atoms with Gasteiger partial charge in [-0.25, -0.2) is 4.79 Å². The van der Waals surface area contributed by atoms with Crippen molar-refractivity contribution in [3.63, 3.8) is 0 Å². The topological polar surface area (TPSA) is 65.4 Å². The number of likely N-dealkylation sites (tertiary alicyclic amines) is 1. The lowest BCUT2D eigenvalue weighted by atomic mass is 9.92. The van der Waals surface area contributed by atoms with Gasteiger partial charge in [-0.2, -0.15) is 5.26 Å². The van der Waals surface area contributed by atoms with Crippen molar-refractivity contribution in [1.29, 1.82) is 5.26 Å². The maximum Gasteiger partial charge on any atom is 0.317 e. The van der Waals surface area contributed by atoms with Gasteiger partial charge in [-0.1, -0.05) is 18.6 Å². The van der Waals surface area contributed by atoms with Gasteiger partial charge in [0.05, 0.1) is 0 Å². The van der Waals surface area contributed by atoms with E-state index in [1.165, 1.54) is 19.3 Å². The van der Waals surface area contributed by atoms with E-state index in [1.807, 2.05) is 35.2 Å². The van der Waals surface area contributed by atoms with Crippen LogP contribution in [0.3, 0.4) is 0 Å². The molecule has 0 aromatic heterocycles. The molecular formula is C18H23N3O2. The smallest absolute Gasteiger partial charge is 0.317 e. The molecule has 1 saturated heterocycles. The number of fused-ring (bicyclic) bond motifs is 1. The third kappa shape index (κ3) is 3.76. The molecule has 5 nitrogen and oxygen atoms in total. The van der Waals surface area contributed by atoms with Crippen molar-refractivity contribution in [1.82, 2.24) is 10.2 Å². The van der Waals surface area contributed by atoms with E-state index >= 15 is 0 Å². The number of nitrogens with zero attached hydrogens (tertiary/aromatic N) is 2. The first-order valence-corrected chi connectivity index (χ1v) is 8.41. The molecular weight excluding hydrogens is 290 g/mol. The van der Waals surface area contributed by atoms with E-state index in [0.717, 1.165) is 24.9 Å². The zero-order chi connectivity index (χ0) is 16.1. The van der Waals surface area contributed by atoms with E-state index in [4.69, 9.17) is 10.00 Å². The van der Waals surface area contributed by atoms with Crippen molar-refractivity contribution >= 4 is 6.03 Å². The molecule has 122 valence electrons. The maximum atomic E-state index is 12.5. The van der Waals surface area contributed by atoms with Crippen LogP contribution < -0.4 is 10.1 Å². The summed E-state index contributed by atoms with van der Waals surface area (Å²) >= 11 is 0. The molecule has 2 amide bonds. The van der Waals surface area contributed by atoms with Crippen molar-refractivity contribution < 1.29 is 9.53 Å². The monoisotopic (exact) mass is 313 g/mol. The van der Waals surface area contributed by atoms with Crippen LogP contribution in [0.5, 0.6) is 5.75 Å². The first kappa shape index (κ1) is 15.7. The Hall–Kier alpha value is -2.22. The Morgan fingerprint density at radius 2 is 2.22 bits per heavy atom. The van der Waals surface area contributed by atoms with Gasteiger partial charge < -0.3 is 15.0 Å². The van der Waals surface area contributed by atoms with Crippen molar-refractivity contribution in [3.05, 3.63) is 29.8 Å². The van der Waals surface area contributed by atoms with Crippen LogP contribution in [0.25, 0.3) is 0 Å². The largest absolute Gasteiger partial charge is 0.479 e. The molecule has 2 fully saturated rings. The molecule has 5 heteroatoms. The number of carbonyl (C=O) groups excluding carboxylic acids is 1. The summed E-state index contributed by atoms with van der Waals surface area (Å²) in [6.07, 6.45) is 6.05. The summed E-state index contributed by atoms with van der Waals surface area (Å²) in [4.78, 5) is 14.6. The molecule has 2 aliphatic rings.